The van der Waals surface area contributed by atoms with Gasteiger partial charge in [-0.3, -0.25) is 14.7 Å². The number of carbonyl (C=O) groups is 1. The van der Waals surface area contributed by atoms with E-state index in [4.69, 9.17) is 4.63 Å². The molecule has 2 aliphatic rings. The van der Waals surface area contributed by atoms with Gasteiger partial charge in [-0.2, -0.15) is 0 Å². The minimum Gasteiger partial charge on any atom is -0.350 e. The van der Waals surface area contributed by atoms with E-state index in [9.17, 15) is 4.79 Å². The Kier molecular flexibility index (Phi) is 6.41. The van der Waals surface area contributed by atoms with E-state index < -0.39 is 0 Å². The molecular weight excluding hydrogens is 404 g/mol. The van der Waals surface area contributed by atoms with Crippen LogP contribution in [0.15, 0.2) is 47.2 Å². The van der Waals surface area contributed by atoms with Crippen molar-refractivity contribution < 1.29 is 9.42 Å². The number of nitrogens with one attached hydrogen (secondary N) is 1. The summed E-state index contributed by atoms with van der Waals surface area (Å²) in [7, 11) is 0. The molecule has 2 saturated heterocycles. The van der Waals surface area contributed by atoms with Gasteiger partial charge in [0, 0.05) is 24.7 Å². The average Bonchev–Trinajstić information content (AvgIpc) is 3.34. The Bertz CT molecular complexity index is 1020. The number of piperidine rings is 2. The summed E-state index contributed by atoms with van der Waals surface area (Å²) in [6.07, 6.45) is 5.98. The lowest BCUT2D eigenvalue weighted by molar-refractivity contribution is -0.126. The van der Waals surface area contributed by atoms with Crippen molar-refractivity contribution >= 4 is 16.9 Å². The Hall–Kier alpha value is -2.84. The van der Waals surface area contributed by atoms with Gasteiger partial charge in [0.15, 0.2) is 0 Å². The van der Waals surface area contributed by atoms with E-state index in [2.05, 4.69) is 36.5 Å². The number of rotatable bonds is 6. The normalized spacial score (nSPS) is 19.4. The molecule has 0 unspecified atom stereocenters. The molecule has 0 spiro atoms. The Morgan fingerprint density at radius 1 is 1.00 bits per heavy atom. The maximum absolute atomic E-state index is 12.6. The van der Waals surface area contributed by atoms with Crippen LogP contribution in [0.3, 0.4) is 0 Å². The van der Waals surface area contributed by atoms with E-state index in [0.29, 0.717) is 12.6 Å². The monoisotopic (exact) mass is 434 g/mol. The largest absolute Gasteiger partial charge is 0.350 e. The molecule has 0 atom stereocenters. The van der Waals surface area contributed by atoms with Crippen LogP contribution in [-0.4, -0.2) is 63.2 Å². The minimum atomic E-state index is 0.117. The summed E-state index contributed by atoms with van der Waals surface area (Å²) in [4.78, 5) is 21.9. The molecule has 2 aromatic heterocycles. The predicted octanol–water partition coefficient (Wildman–Crippen LogP) is 2.61. The van der Waals surface area contributed by atoms with Gasteiger partial charge in [-0.1, -0.05) is 18.2 Å². The third-order valence-corrected chi connectivity index (χ3v) is 6.91. The van der Waals surface area contributed by atoms with Gasteiger partial charge in [0.25, 0.3) is 0 Å². The highest BCUT2D eigenvalue weighted by molar-refractivity contribution is 5.78. The SMILES string of the molecule is O=C(NCc1ccccn1)C1CCN(C2CCN(Cc3cccc4nonc34)CC2)CC1. The Labute approximate surface area is 187 Å². The molecule has 0 bridgehead atoms. The number of aromatic nitrogens is 3. The summed E-state index contributed by atoms with van der Waals surface area (Å²) >= 11 is 0. The molecule has 0 radical (unpaired) electrons. The summed E-state index contributed by atoms with van der Waals surface area (Å²) in [5.74, 6) is 0.285. The zero-order chi connectivity index (χ0) is 21.8. The third-order valence-electron chi connectivity index (χ3n) is 6.91. The molecule has 3 aromatic rings. The lowest BCUT2D eigenvalue weighted by atomic mass is 9.92. The molecule has 0 aliphatic carbocycles. The fraction of sp³-hybridized carbons (Fsp3) is 0.500. The second-order valence-corrected chi connectivity index (χ2v) is 8.91. The van der Waals surface area contributed by atoms with Gasteiger partial charge >= 0.3 is 0 Å². The van der Waals surface area contributed by atoms with Crippen molar-refractivity contribution in [2.45, 2.75) is 44.8 Å². The van der Waals surface area contributed by atoms with Crippen LogP contribution in [0.5, 0.6) is 0 Å². The van der Waals surface area contributed by atoms with Crippen LogP contribution < -0.4 is 5.32 Å². The number of likely N-dealkylation sites (tertiary alicyclic amines) is 2. The maximum atomic E-state index is 12.6. The Morgan fingerprint density at radius 3 is 2.62 bits per heavy atom. The van der Waals surface area contributed by atoms with Gasteiger partial charge in [0.1, 0.15) is 11.0 Å². The van der Waals surface area contributed by atoms with E-state index in [1.807, 2.05) is 30.3 Å². The molecule has 8 heteroatoms. The molecule has 1 amide bonds. The fourth-order valence-electron chi connectivity index (χ4n) is 5.02. The number of nitrogens with zero attached hydrogens (tertiary/aromatic N) is 5. The Morgan fingerprint density at radius 2 is 1.84 bits per heavy atom. The third kappa shape index (κ3) is 4.81. The van der Waals surface area contributed by atoms with E-state index >= 15 is 0 Å². The zero-order valence-corrected chi connectivity index (χ0v) is 18.3. The first-order valence-electron chi connectivity index (χ1n) is 11.6. The standard InChI is InChI=1S/C24H30N6O2/c31-24(26-16-20-5-1-2-11-25-20)18-7-14-30(15-8-18)21-9-12-29(13-10-21)17-19-4-3-6-22-23(19)28-32-27-22/h1-6,11,18,21H,7-10,12-17H2,(H,26,31). The summed E-state index contributed by atoms with van der Waals surface area (Å²) < 4.78 is 4.90. The van der Waals surface area contributed by atoms with Crippen LogP contribution in [0.2, 0.25) is 0 Å². The van der Waals surface area contributed by atoms with Gasteiger partial charge in [0.2, 0.25) is 5.91 Å². The van der Waals surface area contributed by atoms with Crippen molar-refractivity contribution in [3.05, 3.63) is 53.9 Å². The van der Waals surface area contributed by atoms with Crippen LogP contribution in [0.25, 0.3) is 11.0 Å². The number of amides is 1. The van der Waals surface area contributed by atoms with Crippen molar-refractivity contribution in [3.8, 4) is 0 Å². The number of pyridine rings is 1. The molecule has 1 aromatic carbocycles. The summed E-state index contributed by atoms with van der Waals surface area (Å²) in [5, 5.41) is 11.1. The molecule has 0 saturated carbocycles. The quantitative estimate of drug-likeness (QED) is 0.638. The van der Waals surface area contributed by atoms with Crippen LogP contribution in [0, 0.1) is 5.92 Å². The summed E-state index contributed by atoms with van der Waals surface area (Å²) in [6, 6.07) is 12.5. The van der Waals surface area contributed by atoms with Crippen LogP contribution in [-0.2, 0) is 17.9 Å². The topological polar surface area (TPSA) is 87.4 Å². The van der Waals surface area contributed by atoms with Gasteiger partial charge in [-0.05, 0) is 85.9 Å². The lowest BCUT2D eigenvalue weighted by Crippen LogP contribution is -2.49. The van der Waals surface area contributed by atoms with Crippen molar-refractivity contribution in [1.82, 2.24) is 30.4 Å². The second kappa shape index (κ2) is 9.75. The number of fused-ring (bicyclic) bond motifs is 1. The van der Waals surface area contributed by atoms with Crippen molar-refractivity contribution in [1.29, 1.82) is 0 Å². The first-order chi connectivity index (χ1) is 15.8. The summed E-state index contributed by atoms with van der Waals surface area (Å²) in [5.41, 5.74) is 3.78. The van der Waals surface area contributed by atoms with E-state index in [1.54, 1.807) is 6.20 Å². The lowest BCUT2D eigenvalue weighted by Gasteiger charge is -2.41. The Balaban J connectivity index is 1.06. The highest BCUT2D eigenvalue weighted by Crippen LogP contribution is 2.25. The molecule has 1 N–H and O–H groups in total. The van der Waals surface area contributed by atoms with E-state index in [1.165, 1.54) is 18.4 Å². The molecule has 32 heavy (non-hydrogen) atoms. The second-order valence-electron chi connectivity index (χ2n) is 8.91. The van der Waals surface area contributed by atoms with E-state index in [0.717, 1.165) is 62.3 Å². The fourth-order valence-corrected chi connectivity index (χ4v) is 5.02. The molecule has 2 aliphatic heterocycles. The molecule has 4 heterocycles. The van der Waals surface area contributed by atoms with Gasteiger partial charge < -0.3 is 10.2 Å². The van der Waals surface area contributed by atoms with Crippen molar-refractivity contribution in [2.24, 2.45) is 5.92 Å². The number of carbonyl (C=O) groups excluding carboxylic acids is 1. The van der Waals surface area contributed by atoms with Crippen molar-refractivity contribution in [2.75, 3.05) is 26.2 Å². The smallest absolute Gasteiger partial charge is 0.223 e. The molecule has 5 rings (SSSR count). The van der Waals surface area contributed by atoms with Crippen LogP contribution in [0.4, 0.5) is 0 Å². The van der Waals surface area contributed by atoms with Gasteiger partial charge in [0.05, 0.1) is 12.2 Å². The molecular formula is C24H30N6O2. The molecule has 168 valence electrons. The van der Waals surface area contributed by atoms with Gasteiger partial charge in [-0.25, -0.2) is 4.63 Å². The number of hydrogen-bond donors (Lipinski definition) is 1. The molecule has 2 fully saturated rings. The first kappa shape index (κ1) is 21.0. The average molecular weight is 435 g/mol. The number of hydrogen-bond acceptors (Lipinski definition) is 7. The maximum Gasteiger partial charge on any atom is 0.223 e. The first-order valence-corrected chi connectivity index (χ1v) is 11.6. The predicted molar refractivity (Wildman–Crippen MR) is 120 cm³/mol. The minimum absolute atomic E-state index is 0.117. The van der Waals surface area contributed by atoms with Crippen LogP contribution >= 0.6 is 0 Å². The highest BCUT2D eigenvalue weighted by Gasteiger charge is 2.30. The zero-order valence-electron chi connectivity index (χ0n) is 18.3. The van der Waals surface area contributed by atoms with Crippen LogP contribution in [0.1, 0.15) is 36.9 Å². The summed E-state index contributed by atoms with van der Waals surface area (Å²) in [6.45, 7) is 5.58. The van der Waals surface area contributed by atoms with Crippen molar-refractivity contribution in [3.63, 3.8) is 0 Å². The highest BCUT2D eigenvalue weighted by atomic mass is 16.6. The number of benzene rings is 1. The van der Waals surface area contributed by atoms with Gasteiger partial charge in [-0.15, -0.1) is 0 Å². The molecule has 8 nitrogen and oxygen atoms in total. The van der Waals surface area contributed by atoms with E-state index in [-0.39, 0.29) is 11.8 Å².